The molecule has 0 saturated heterocycles. The molecule has 2 aromatic rings. The molecule has 0 amide bonds. The van der Waals surface area contributed by atoms with Gasteiger partial charge in [0.05, 0.1) is 0 Å². The zero-order chi connectivity index (χ0) is 11.5. The molecule has 0 N–H and O–H groups in total. The number of hydrogen-bond acceptors (Lipinski definition) is 3. The largest absolute Gasteiger partial charge is 0.611 e. The van der Waals surface area contributed by atoms with Crippen molar-refractivity contribution in [1.29, 1.82) is 5.26 Å². The van der Waals surface area contributed by atoms with Crippen molar-refractivity contribution < 1.29 is 4.55 Å². The Morgan fingerprint density at radius 3 is 2.56 bits per heavy atom. The van der Waals surface area contributed by atoms with Crippen molar-refractivity contribution in [3.63, 3.8) is 0 Å². The Kier molecular flexibility index (Phi) is 3.30. The Morgan fingerprint density at radius 1 is 1.31 bits per heavy atom. The second kappa shape index (κ2) is 4.71. The fraction of sp³-hybridized carbons (Fsp3) is 0.0833. The van der Waals surface area contributed by atoms with Crippen LogP contribution in [0, 0.1) is 11.3 Å². The monoisotopic (exact) mass is 247 g/mol. The van der Waals surface area contributed by atoms with Gasteiger partial charge in [-0.15, -0.1) is 0 Å². The first-order chi connectivity index (χ1) is 7.74. The zero-order valence-corrected chi connectivity index (χ0v) is 10.3. The maximum absolute atomic E-state index is 11.4. The van der Waals surface area contributed by atoms with Crippen LogP contribution < -0.4 is 0 Å². The van der Waals surface area contributed by atoms with Gasteiger partial charge in [-0.2, -0.15) is 5.26 Å². The second-order valence-electron chi connectivity index (χ2n) is 3.24. The highest BCUT2D eigenvalue weighted by Gasteiger charge is 2.19. The molecule has 80 valence electrons. The number of rotatable bonds is 2. The van der Waals surface area contributed by atoms with E-state index in [1.807, 2.05) is 35.7 Å². The third kappa shape index (κ3) is 1.98. The maximum atomic E-state index is 11.4. The Labute approximate surface area is 101 Å². The van der Waals surface area contributed by atoms with Crippen molar-refractivity contribution in [3.8, 4) is 17.2 Å². The quantitative estimate of drug-likeness (QED) is 0.766. The van der Waals surface area contributed by atoms with E-state index in [9.17, 15) is 4.55 Å². The smallest absolute Gasteiger partial charge is 0.224 e. The first kappa shape index (κ1) is 11.2. The number of hydrogen-bond donors (Lipinski definition) is 0. The molecule has 16 heavy (non-hydrogen) atoms. The summed E-state index contributed by atoms with van der Waals surface area (Å²) in [6, 6.07) is 11.8. The van der Waals surface area contributed by atoms with Crippen molar-refractivity contribution in [2.24, 2.45) is 0 Å². The molecule has 0 bridgehead atoms. The lowest BCUT2D eigenvalue weighted by atomic mass is 10.1. The van der Waals surface area contributed by atoms with E-state index in [0.717, 1.165) is 11.1 Å². The van der Waals surface area contributed by atoms with Gasteiger partial charge in [0, 0.05) is 10.9 Å². The van der Waals surface area contributed by atoms with E-state index in [0.29, 0.717) is 9.77 Å². The average Bonchev–Trinajstić information content (AvgIpc) is 2.73. The molecule has 0 aliphatic carbocycles. The van der Waals surface area contributed by atoms with E-state index in [2.05, 4.69) is 6.07 Å². The van der Waals surface area contributed by atoms with E-state index in [4.69, 9.17) is 5.26 Å². The van der Waals surface area contributed by atoms with Crippen LogP contribution in [0.5, 0.6) is 0 Å². The van der Waals surface area contributed by atoms with Crippen LogP contribution in [0.15, 0.2) is 39.9 Å². The van der Waals surface area contributed by atoms with Crippen LogP contribution in [0.25, 0.3) is 11.1 Å². The molecule has 0 saturated carbocycles. The minimum atomic E-state index is -1.10. The molecule has 0 spiro atoms. The Hall–Kier alpha value is -1.28. The topological polar surface area (TPSA) is 46.8 Å². The molecule has 1 aromatic heterocycles. The molecule has 1 aromatic carbocycles. The van der Waals surface area contributed by atoms with Crippen molar-refractivity contribution >= 4 is 22.5 Å². The minimum absolute atomic E-state index is 0.539. The molecule has 1 unspecified atom stereocenters. The van der Waals surface area contributed by atoms with Gasteiger partial charge in [0.2, 0.25) is 4.21 Å². The van der Waals surface area contributed by atoms with E-state index in [-0.39, 0.29) is 0 Å². The molecule has 0 aliphatic rings. The van der Waals surface area contributed by atoms with Gasteiger partial charge < -0.3 is 4.55 Å². The Morgan fingerprint density at radius 2 is 2.00 bits per heavy atom. The fourth-order valence-electron chi connectivity index (χ4n) is 1.49. The summed E-state index contributed by atoms with van der Waals surface area (Å²) in [5, 5.41) is 11.0. The number of thiophene rings is 1. The normalized spacial score (nSPS) is 12.1. The van der Waals surface area contributed by atoms with Gasteiger partial charge in [-0.25, -0.2) is 0 Å². The molecule has 1 heterocycles. The summed E-state index contributed by atoms with van der Waals surface area (Å²) in [5.41, 5.74) is 2.40. The van der Waals surface area contributed by atoms with Gasteiger partial charge >= 0.3 is 0 Å². The number of nitriles is 1. The highest BCUT2D eigenvalue weighted by atomic mass is 32.2. The van der Waals surface area contributed by atoms with E-state index >= 15 is 0 Å². The lowest BCUT2D eigenvalue weighted by Gasteiger charge is -2.01. The molecule has 2 nitrogen and oxygen atoms in total. The lowest BCUT2D eigenvalue weighted by Crippen LogP contribution is -1.96. The van der Waals surface area contributed by atoms with Gasteiger partial charge in [-0.05, 0) is 16.7 Å². The number of nitrogens with zero attached hydrogens (tertiary/aromatic N) is 1. The highest BCUT2D eigenvalue weighted by molar-refractivity contribution is 7.92. The van der Waals surface area contributed by atoms with Crippen LogP contribution in [0.3, 0.4) is 0 Å². The van der Waals surface area contributed by atoms with Crippen molar-refractivity contribution in [2.75, 3.05) is 6.26 Å². The molecule has 0 aliphatic heterocycles. The second-order valence-corrected chi connectivity index (χ2v) is 5.70. The van der Waals surface area contributed by atoms with E-state index < -0.39 is 11.2 Å². The van der Waals surface area contributed by atoms with Crippen LogP contribution >= 0.6 is 11.3 Å². The molecular formula is C12H9NOS2. The fourth-order valence-corrected chi connectivity index (χ4v) is 3.37. The summed E-state index contributed by atoms with van der Waals surface area (Å²) in [5.74, 6) is 0. The third-order valence-corrected chi connectivity index (χ3v) is 4.71. The SMILES string of the molecule is C[S+]([O-])c1scc(-c2ccccc2)c1C#N. The summed E-state index contributed by atoms with van der Waals surface area (Å²) in [4.78, 5) is 0. The summed E-state index contributed by atoms with van der Waals surface area (Å²) in [6.45, 7) is 0. The zero-order valence-electron chi connectivity index (χ0n) is 8.64. The molecule has 2 rings (SSSR count). The number of benzene rings is 1. The summed E-state index contributed by atoms with van der Waals surface area (Å²) < 4.78 is 12.1. The van der Waals surface area contributed by atoms with E-state index in [1.54, 1.807) is 6.26 Å². The molecule has 4 heteroatoms. The predicted octanol–water partition coefficient (Wildman–Crippen LogP) is 3.02. The molecule has 0 fully saturated rings. The Bertz CT molecular complexity index is 526. The van der Waals surface area contributed by atoms with Crippen LogP contribution in [-0.2, 0) is 11.2 Å². The van der Waals surface area contributed by atoms with Gasteiger partial charge in [0.1, 0.15) is 17.9 Å². The summed E-state index contributed by atoms with van der Waals surface area (Å²) >= 11 is 0.284. The Balaban J connectivity index is 2.56. The summed E-state index contributed by atoms with van der Waals surface area (Å²) in [7, 11) is 0. The van der Waals surface area contributed by atoms with Crippen LogP contribution in [0.4, 0.5) is 0 Å². The molecule has 0 radical (unpaired) electrons. The van der Waals surface area contributed by atoms with Crippen LogP contribution in [0.1, 0.15) is 5.56 Å². The first-order valence-electron chi connectivity index (χ1n) is 4.64. The maximum Gasteiger partial charge on any atom is 0.224 e. The standard InChI is InChI=1S/C12H9NOS2/c1-16(14)12-10(7-13)11(8-15-12)9-5-3-2-4-6-9/h2-6,8H,1H3. The van der Waals surface area contributed by atoms with Crippen molar-refractivity contribution in [1.82, 2.24) is 0 Å². The van der Waals surface area contributed by atoms with Crippen molar-refractivity contribution in [2.45, 2.75) is 4.21 Å². The minimum Gasteiger partial charge on any atom is -0.611 e. The lowest BCUT2D eigenvalue weighted by molar-refractivity contribution is 0.602. The highest BCUT2D eigenvalue weighted by Crippen LogP contribution is 2.33. The van der Waals surface area contributed by atoms with Crippen LogP contribution in [-0.4, -0.2) is 10.8 Å². The average molecular weight is 247 g/mol. The van der Waals surface area contributed by atoms with Crippen LogP contribution in [0.2, 0.25) is 0 Å². The first-order valence-corrected chi connectivity index (χ1v) is 7.08. The molecular weight excluding hydrogens is 238 g/mol. The molecule has 1 atom stereocenters. The van der Waals surface area contributed by atoms with Gasteiger partial charge in [0.25, 0.3) is 0 Å². The van der Waals surface area contributed by atoms with Gasteiger partial charge in [-0.1, -0.05) is 41.7 Å². The third-order valence-electron chi connectivity index (χ3n) is 2.21. The van der Waals surface area contributed by atoms with Gasteiger partial charge in [0.15, 0.2) is 0 Å². The summed E-state index contributed by atoms with van der Waals surface area (Å²) in [6.07, 6.45) is 1.60. The van der Waals surface area contributed by atoms with E-state index in [1.165, 1.54) is 11.3 Å². The predicted molar refractivity (Wildman–Crippen MR) is 66.8 cm³/mol. The van der Waals surface area contributed by atoms with Crippen molar-refractivity contribution in [3.05, 3.63) is 41.3 Å². The van der Waals surface area contributed by atoms with Gasteiger partial charge in [-0.3, -0.25) is 0 Å².